The molecule has 2 N–H and O–H groups in total. The Balaban J connectivity index is 1.87. The fraction of sp³-hybridized carbons (Fsp3) is 0.200. The molecular weight excluding hydrogens is 290 g/mol. The highest BCUT2D eigenvalue weighted by Crippen LogP contribution is 2.38. The van der Waals surface area contributed by atoms with Crippen LogP contribution in [-0.2, 0) is 16.1 Å². The number of benzene rings is 1. The Morgan fingerprint density at radius 3 is 2.48 bits per heavy atom. The molecule has 0 fully saturated rings. The van der Waals surface area contributed by atoms with Crippen molar-refractivity contribution in [1.29, 1.82) is 0 Å². The maximum absolute atomic E-state index is 11.8. The first-order chi connectivity index (χ1) is 10.1. The van der Waals surface area contributed by atoms with Gasteiger partial charge in [-0.15, -0.1) is 0 Å². The van der Waals surface area contributed by atoms with Gasteiger partial charge in [-0.2, -0.15) is 10.9 Å². The molecule has 0 aromatic heterocycles. The predicted octanol–water partition coefficient (Wildman–Crippen LogP) is 2.76. The largest absolute Gasteiger partial charge is 0.481 e. The minimum atomic E-state index is -0.945. The topological polar surface area (TPSA) is 75.6 Å². The van der Waals surface area contributed by atoms with Gasteiger partial charge in [0.15, 0.2) is 0 Å². The van der Waals surface area contributed by atoms with E-state index in [9.17, 15) is 9.59 Å². The molecule has 1 atom stereocenters. The van der Waals surface area contributed by atoms with E-state index in [0.29, 0.717) is 0 Å². The van der Waals surface area contributed by atoms with Crippen LogP contribution in [0.2, 0.25) is 0 Å². The highest BCUT2D eigenvalue weighted by atomic mass is 32.2. The molecule has 1 heterocycles. The molecule has 21 heavy (non-hydrogen) atoms. The second kappa shape index (κ2) is 7.54. The van der Waals surface area contributed by atoms with Gasteiger partial charge in [0.2, 0.25) is 0 Å². The van der Waals surface area contributed by atoms with Crippen LogP contribution in [0.5, 0.6) is 0 Å². The fourth-order valence-electron chi connectivity index (χ4n) is 1.85. The lowest BCUT2D eigenvalue weighted by Crippen LogP contribution is -2.36. The van der Waals surface area contributed by atoms with Crippen molar-refractivity contribution in [1.82, 2.24) is 5.32 Å². The number of aliphatic carboxylic acids is 1. The number of ether oxygens (including phenoxy) is 1. The minimum Gasteiger partial charge on any atom is -0.481 e. The van der Waals surface area contributed by atoms with Crippen molar-refractivity contribution < 1.29 is 19.4 Å². The van der Waals surface area contributed by atoms with Crippen LogP contribution in [0.1, 0.15) is 12.0 Å². The number of nitrogens with one attached hydrogen (secondary N) is 1. The van der Waals surface area contributed by atoms with E-state index in [-0.39, 0.29) is 13.0 Å². The van der Waals surface area contributed by atoms with Crippen LogP contribution in [0.15, 0.2) is 53.3 Å². The minimum absolute atomic E-state index is 0.124. The predicted molar refractivity (Wildman–Crippen MR) is 83.1 cm³/mol. The van der Waals surface area contributed by atoms with E-state index in [4.69, 9.17) is 9.84 Å². The number of amides is 1. The quantitative estimate of drug-likeness (QED) is 0.706. The Kier molecular flexibility index (Phi) is 5.45. The number of alkyl carbamates (subject to hydrolysis) is 1. The summed E-state index contributed by atoms with van der Waals surface area (Å²) in [7, 11) is -0.792. The second-order valence-corrected chi connectivity index (χ2v) is 6.56. The van der Waals surface area contributed by atoms with E-state index in [1.807, 2.05) is 53.3 Å². The summed E-state index contributed by atoms with van der Waals surface area (Å²) in [6, 6.07) is 9.32. The third-order valence-corrected chi connectivity index (χ3v) is 4.92. The van der Waals surface area contributed by atoms with E-state index >= 15 is 0 Å². The van der Waals surface area contributed by atoms with Gasteiger partial charge in [-0.1, -0.05) is 42.5 Å². The van der Waals surface area contributed by atoms with Crippen molar-refractivity contribution in [3.8, 4) is 0 Å². The summed E-state index contributed by atoms with van der Waals surface area (Å²) in [5, 5.41) is 15.0. The molecular formula is C15H17NO4S. The molecule has 1 unspecified atom stereocenters. The normalized spacial score (nSPS) is 15.7. The zero-order valence-corrected chi connectivity index (χ0v) is 12.2. The number of hydrogen-bond donors (Lipinski definition) is 3. The van der Waals surface area contributed by atoms with Gasteiger partial charge in [0.1, 0.15) is 6.61 Å². The molecule has 0 radical (unpaired) electrons. The van der Waals surface area contributed by atoms with Crippen molar-refractivity contribution >= 4 is 23.0 Å². The lowest BCUT2D eigenvalue weighted by Gasteiger charge is -2.23. The molecule has 1 aromatic carbocycles. The highest BCUT2D eigenvalue weighted by molar-refractivity contribution is 8.22. The van der Waals surface area contributed by atoms with Crippen molar-refractivity contribution in [3.05, 3.63) is 58.9 Å². The second-order valence-electron chi connectivity index (χ2n) is 4.45. The summed E-state index contributed by atoms with van der Waals surface area (Å²) < 4.78 is 5.12. The number of carboxylic acids is 1. The van der Waals surface area contributed by atoms with Crippen LogP contribution in [0, 0.1) is 0 Å². The standard InChI is InChI=1S/C15H17NO4S/c17-14(18)10-13(21-8-4-5-9-21)16-15(19)20-11-12-6-2-1-3-7-12/h1-9,13,21H,10-11H2,(H,16,19)(H,17,18). The third-order valence-electron chi connectivity index (χ3n) is 2.85. The number of carbonyl (C=O) groups is 2. The number of carboxylic acid groups (broad SMARTS) is 1. The van der Waals surface area contributed by atoms with Crippen LogP contribution in [0.25, 0.3) is 0 Å². The van der Waals surface area contributed by atoms with Gasteiger partial charge in [-0.25, -0.2) is 4.79 Å². The van der Waals surface area contributed by atoms with E-state index in [1.54, 1.807) is 0 Å². The van der Waals surface area contributed by atoms with Crippen LogP contribution in [0.4, 0.5) is 4.79 Å². The van der Waals surface area contributed by atoms with E-state index in [2.05, 4.69) is 5.32 Å². The molecule has 0 aliphatic carbocycles. The number of hydrogen-bond acceptors (Lipinski definition) is 3. The summed E-state index contributed by atoms with van der Waals surface area (Å²) in [5.74, 6) is -0.945. The smallest absolute Gasteiger partial charge is 0.408 e. The summed E-state index contributed by atoms with van der Waals surface area (Å²) >= 11 is 0. The molecule has 1 aromatic rings. The fourth-order valence-corrected chi connectivity index (χ4v) is 3.59. The Hall–Kier alpha value is -2.21. The van der Waals surface area contributed by atoms with E-state index < -0.39 is 28.3 Å². The zero-order chi connectivity index (χ0) is 15.1. The maximum atomic E-state index is 11.8. The Bertz CT molecular complexity index is 544. The lowest BCUT2D eigenvalue weighted by molar-refractivity contribution is -0.137. The van der Waals surface area contributed by atoms with Gasteiger partial charge >= 0.3 is 12.1 Å². The van der Waals surface area contributed by atoms with Gasteiger partial charge < -0.3 is 15.2 Å². The number of allylic oxidation sites excluding steroid dienone is 2. The van der Waals surface area contributed by atoms with Crippen molar-refractivity contribution in [2.24, 2.45) is 0 Å². The van der Waals surface area contributed by atoms with Crippen molar-refractivity contribution in [2.45, 2.75) is 18.4 Å². The van der Waals surface area contributed by atoms with Crippen LogP contribution in [-0.4, -0.2) is 22.5 Å². The van der Waals surface area contributed by atoms with Gasteiger partial charge in [0, 0.05) is 0 Å². The number of thiol groups is 1. The molecule has 0 saturated heterocycles. The lowest BCUT2D eigenvalue weighted by atomic mass is 10.2. The number of rotatable bonds is 6. The highest BCUT2D eigenvalue weighted by Gasteiger charge is 2.21. The summed E-state index contributed by atoms with van der Waals surface area (Å²) in [5.41, 5.74) is 0.883. The first-order valence-electron chi connectivity index (χ1n) is 6.46. The SMILES string of the molecule is O=C(O)CC(NC(=O)OCc1ccccc1)[SH]1C=CC=C1. The molecule has 5 nitrogen and oxygen atoms in total. The zero-order valence-electron chi connectivity index (χ0n) is 11.3. The molecule has 0 spiro atoms. The average Bonchev–Trinajstić information content (AvgIpc) is 2.99. The maximum Gasteiger partial charge on any atom is 0.408 e. The Labute approximate surface area is 125 Å². The molecule has 6 heteroatoms. The molecule has 0 bridgehead atoms. The summed E-state index contributed by atoms with van der Waals surface area (Å²) in [6.07, 6.45) is 3.00. The van der Waals surface area contributed by atoms with Crippen molar-refractivity contribution in [3.63, 3.8) is 0 Å². The average molecular weight is 307 g/mol. The van der Waals surface area contributed by atoms with E-state index in [0.717, 1.165) is 5.56 Å². The van der Waals surface area contributed by atoms with Crippen LogP contribution in [0.3, 0.4) is 0 Å². The van der Waals surface area contributed by atoms with Gasteiger partial charge in [-0.05, 0) is 16.4 Å². The third kappa shape index (κ3) is 5.00. The van der Waals surface area contributed by atoms with Gasteiger partial charge in [-0.3, -0.25) is 4.79 Å². The first-order valence-corrected chi connectivity index (χ1v) is 8.01. The molecule has 1 aliphatic rings. The Morgan fingerprint density at radius 2 is 1.86 bits per heavy atom. The van der Waals surface area contributed by atoms with E-state index in [1.165, 1.54) is 0 Å². The van der Waals surface area contributed by atoms with Crippen LogP contribution < -0.4 is 5.32 Å². The van der Waals surface area contributed by atoms with Gasteiger partial charge in [0.05, 0.1) is 11.8 Å². The monoisotopic (exact) mass is 307 g/mol. The van der Waals surface area contributed by atoms with Crippen molar-refractivity contribution in [2.75, 3.05) is 0 Å². The number of carbonyl (C=O) groups excluding carboxylic acids is 1. The molecule has 1 amide bonds. The summed E-state index contributed by atoms with van der Waals surface area (Å²) in [6.45, 7) is 0.163. The molecule has 0 saturated carbocycles. The van der Waals surface area contributed by atoms with Gasteiger partial charge in [0.25, 0.3) is 0 Å². The Morgan fingerprint density at radius 1 is 1.19 bits per heavy atom. The first kappa shape index (κ1) is 15.2. The molecule has 2 rings (SSSR count). The molecule has 112 valence electrons. The molecule has 1 aliphatic heterocycles. The van der Waals surface area contributed by atoms with Crippen LogP contribution >= 0.6 is 10.9 Å². The summed E-state index contributed by atoms with van der Waals surface area (Å²) in [4.78, 5) is 22.7.